The lowest BCUT2D eigenvalue weighted by Crippen LogP contribution is -2.36. The lowest BCUT2D eigenvalue weighted by atomic mass is 10.1. The maximum Gasteiger partial charge on any atom is 0.305 e. The Morgan fingerprint density at radius 2 is 2.00 bits per heavy atom. The fourth-order valence-corrected chi connectivity index (χ4v) is 2.78. The number of aromatic nitrogens is 2. The van der Waals surface area contributed by atoms with E-state index in [9.17, 15) is 9.59 Å². The van der Waals surface area contributed by atoms with Gasteiger partial charge in [0.15, 0.2) is 0 Å². The van der Waals surface area contributed by atoms with E-state index in [0.717, 1.165) is 18.4 Å². The molecule has 1 atom stereocenters. The summed E-state index contributed by atoms with van der Waals surface area (Å²) in [6, 6.07) is 4.97. The topological polar surface area (TPSA) is 83.4 Å². The Kier molecular flexibility index (Phi) is 3.51. The molecule has 1 aromatic carbocycles. The van der Waals surface area contributed by atoms with Crippen LogP contribution in [0.5, 0.6) is 0 Å². The van der Waals surface area contributed by atoms with Gasteiger partial charge in [0.25, 0.3) is 5.91 Å². The van der Waals surface area contributed by atoms with Gasteiger partial charge in [0.2, 0.25) is 0 Å². The largest absolute Gasteiger partial charge is 0.481 e. The van der Waals surface area contributed by atoms with Gasteiger partial charge in [-0.15, -0.1) is 0 Å². The minimum atomic E-state index is -0.871. The van der Waals surface area contributed by atoms with E-state index in [0.29, 0.717) is 17.6 Å². The van der Waals surface area contributed by atoms with E-state index in [1.807, 2.05) is 0 Å². The van der Waals surface area contributed by atoms with E-state index < -0.39 is 5.97 Å². The zero-order valence-electron chi connectivity index (χ0n) is 11.4. The molecule has 1 amide bonds. The Morgan fingerprint density at radius 1 is 1.24 bits per heavy atom. The molecule has 2 aromatic rings. The Balaban J connectivity index is 1.87. The molecule has 1 fully saturated rings. The number of likely N-dealkylation sites (tertiary alicyclic amines) is 1. The standard InChI is InChI=1S/C15H15N3O3/c19-14(20)9-11-2-1-7-18(11)15(21)10-3-4-12-13(8-10)17-6-5-16-12/h3-6,8,11H,1-2,7,9H2,(H,19,20). The molecule has 3 rings (SSSR count). The molecule has 0 aliphatic carbocycles. The van der Waals surface area contributed by atoms with Crippen LogP contribution >= 0.6 is 0 Å². The zero-order chi connectivity index (χ0) is 14.8. The zero-order valence-corrected chi connectivity index (χ0v) is 11.4. The van der Waals surface area contributed by atoms with Gasteiger partial charge in [0, 0.05) is 30.5 Å². The van der Waals surface area contributed by atoms with E-state index >= 15 is 0 Å². The molecule has 21 heavy (non-hydrogen) atoms. The molecule has 108 valence electrons. The summed E-state index contributed by atoms with van der Waals surface area (Å²) in [6.07, 6.45) is 4.77. The Labute approximate surface area is 121 Å². The van der Waals surface area contributed by atoms with Gasteiger partial charge in [0.05, 0.1) is 17.5 Å². The third-order valence-corrected chi connectivity index (χ3v) is 3.76. The predicted octanol–water partition coefficient (Wildman–Crippen LogP) is 1.71. The average Bonchev–Trinajstić information content (AvgIpc) is 2.93. The maximum atomic E-state index is 12.6. The van der Waals surface area contributed by atoms with Crippen molar-refractivity contribution in [2.45, 2.75) is 25.3 Å². The molecule has 0 spiro atoms. The summed E-state index contributed by atoms with van der Waals surface area (Å²) in [4.78, 5) is 33.5. The monoisotopic (exact) mass is 285 g/mol. The summed E-state index contributed by atoms with van der Waals surface area (Å²) in [7, 11) is 0. The Morgan fingerprint density at radius 3 is 2.76 bits per heavy atom. The van der Waals surface area contributed by atoms with Crippen LogP contribution in [0.2, 0.25) is 0 Å². The molecule has 0 radical (unpaired) electrons. The van der Waals surface area contributed by atoms with Gasteiger partial charge in [-0.1, -0.05) is 0 Å². The first-order valence-corrected chi connectivity index (χ1v) is 6.88. The molecule has 1 saturated heterocycles. The number of nitrogens with zero attached hydrogens (tertiary/aromatic N) is 3. The second kappa shape index (κ2) is 5.47. The van der Waals surface area contributed by atoms with E-state index in [2.05, 4.69) is 9.97 Å². The van der Waals surface area contributed by atoms with Gasteiger partial charge < -0.3 is 10.0 Å². The molecule has 1 unspecified atom stereocenters. The highest BCUT2D eigenvalue weighted by molar-refractivity contribution is 5.97. The van der Waals surface area contributed by atoms with Crippen molar-refractivity contribution >= 4 is 22.9 Å². The minimum absolute atomic E-state index is 0.000866. The fourth-order valence-electron chi connectivity index (χ4n) is 2.78. The highest BCUT2D eigenvalue weighted by Gasteiger charge is 2.31. The smallest absolute Gasteiger partial charge is 0.305 e. The van der Waals surface area contributed by atoms with E-state index in [1.54, 1.807) is 35.5 Å². The molecule has 1 N–H and O–H groups in total. The quantitative estimate of drug-likeness (QED) is 0.928. The van der Waals surface area contributed by atoms with Crippen LogP contribution in [0.1, 0.15) is 29.6 Å². The number of rotatable bonds is 3. The van der Waals surface area contributed by atoms with Gasteiger partial charge >= 0.3 is 5.97 Å². The summed E-state index contributed by atoms with van der Waals surface area (Å²) in [6.45, 7) is 0.606. The number of carboxylic acids is 1. The molecule has 1 aliphatic heterocycles. The van der Waals surface area contributed by atoms with Gasteiger partial charge in [-0.2, -0.15) is 0 Å². The number of amides is 1. The summed E-state index contributed by atoms with van der Waals surface area (Å²) in [5.74, 6) is -1.00. The van der Waals surface area contributed by atoms with E-state index in [1.165, 1.54) is 0 Å². The van der Waals surface area contributed by atoms with Crippen LogP contribution in [0, 0.1) is 0 Å². The molecule has 1 aliphatic rings. The van der Waals surface area contributed by atoms with Crippen LogP contribution in [0.25, 0.3) is 11.0 Å². The van der Waals surface area contributed by atoms with Crippen molar-refractivity contribution in [2.75, 3.05) is 6.54 Å². The molecule has 6 heteroatoms. The second-order valence-electron chi connectivity index (χ2n) is 5.15. The number of carbonyl (C=O) groups is 2. The first-order chi connectivity index (χ1) is 10.1. The van der Waals surface area contributed by atoms with E-state index in [4.69, 9.17) is 5.11 Å². The number of hydrogen-bond donors (Lipinski definition) is 1. The van der Waals surface area contributed by atoms with Gasteiger partial charge in [0.1, 0.15) is 0 Å². The number of hydrogen-bond acceptors (Lipinski definition) is 4. The van der Waals surface area contributed by atoms with Crippen LogP contribution < -0.4 is 0 Å². The number of fused-ring (bicyclic) bond motifs is 1. The normalized spacial score (nSPS) is 18.1. The van der Waals surface area contributed by atoms with Crippen LogP contribution in [-0.2, 0) is 4.79 Å². The number of carboxylic acid groups (broad SMARTS) is 1. The summed E-state index contributed by atoms with van der Waals surface area (Å²) in [5.41, 5.74) is 1.93. The summed E-state index contributed by atoms with van der Waals surface area (Å²) >= 11 is 0. The van der Waals surface area contributed by atoms with Crippen molar-refractivity contribution in [1.82, 2.24) is 14.9 Å². The van der Waals surface area contributed by atoms with Crippen molar-refractivity contribution in [3.8, 4) is 0 Å². The molecule has 2 heterocycles. The third kappa shape index (κ3) is 2.69. The Bertz CT molecular complexity index is 701. The number of aliphatic carboxylic acids is 1. The second-order valence-corrected chi connectivity index (χ2v) is 5.15. The van der Waals surface area contributed by atoms with E-state index in [-0.39, 0.29) is 18.4 Å². The summed E-state index contributed by atoms with van der Waals surface area (Å²) in [5, 5.41) is 8.93. The van der Waals surface area contributed by atoms with Crippen molar-refractivity contribution in [3.05, 3.63) is 36.2 Å². The lowest BCUT2D eigenvalue weighted by Gasteiger charge is -2.23. The fraction of sp³-hybridized carbons (Fsp3) is 0.333. The van der Waals surface area contributed by atoms with Crippen molar-refractivity contribution in [1.29, 1.82) is 0 Å². The summed E-state index contributed by atoms with van der Waals surface area (Å²) < 4.78 is 0. The third-order valence-electron chi connectivity index (χ3n) is 3.76. The molecule has 0 saturated carbocycles. The molecule has 6 nitrogen and oxygen atoms in total. The van der Waals surface area contributed by atoms with Crippen molar-refractivity contribution < 1.29 is 14.7 Å². The minimum Gasteiger partial charge on any atom is -0.481 e. The molecular weight excluding hydrogens is 270 g/mol. The molecule has 1 aromatic heterocycles. The highest BCUT2D eigenvalue weighted by atomic mass is 16.4. The predicted molar refractivity (Wildman–Crippen MR) is 75.8 cm³/mol. The van der Waals surface area contributed by atoms with Crippen LogP contribution in [0.15, 0.2) is 30.6 Å². The van der Waals surface area contributed by atoms with Crippen LogP contribution in [-0.4, -0.2) is 44.4 Å². The first-order valence-electron chi connectivity index (χ1n) is 6.88. The molecular formula is C15H15N3O3. The number of benzene rings is 1. The average molecular weight is 285 g/mol. The molecule has 0 bridgehead atoms. The van der Waals surface area contributed by atoms with Crippen molar-refractivity contribution in [2.24, 2.45) is 0 Å². The van der Waals surface area contributed by atoms with Crippen molar-refractivity contribution in [3.63, 3.8) is 0 Å². The SMILES string of the molecule is O=C(O)CC1CCCN1C(=O)c1ccc2nccnc2c1. The maximum absolute atomic E-state index is 12.6. The highest BCUT2D eigenvalue weighted by Crippen LogP contribution is 2.23. The Hall–Kier alpha value is -2.50. The first kappa shape index (κ1) is 13.5. The van der Waals surface area contributed by atoms with Crippen LogP contribution in [0.3, 0.4) is 0 Å². The van der Waals surface area contributed by atoms with Gasteiger partial charge in [-0.25, -0.2) is 0 Å². The lowest BCUT2D eigenvalue weighted by molar-refractivity contribution is -0.137. The number of carbonyl (C=O) groups excluding carboxylic acids is 1. The van der Waals surface area contributed by atoms with Crippen LogP contribution in [0.4, 0.5) is 0 Å². The van der Waals surface area contributed by atoms with Gasteiger partial charge in [-0.05, 0) is 31.0 Å². The van der Waals surface area contributed by atoms with Gasteiger partial charge in [-0.3, -0.25) is 19.6 Å².